The molecule has 0 aromatic heterocycles. The van der Waals surface area contributed by atoms with E-state index in [2.05, 4.69) is 19.9 Å². The Labute approximate surface area is 169 Å². The Morgan fingerprint density at radius 2 is 1.89 bits per heavy atom. The number of guanidine groups is 1. The van der Waals surface area contributed by atoms with Crippen LogP contribution in [0.4, 0.5) is 4.39 Å². The highest BCUT2D eigenvalue weighted by Gasteiger charge is 2.48. The maximum Gasteiger partial charge on any atom is 0.231 e. The molecule has 1 amide bonds. The molecular formula is C22H23ClFN3O. The van der Waals surface area contributed by atoms with Crippen molar-refractivity contribution < 1.29 is 9.18 Å². The molecule has 2 N–H and O–H groups in total. The lowest BCUT2D eigenvalue weighted by Gasteiger charge is -2.46. The minimum absolute atomic E-state index is 0.0172. The number of benzene rings is 2. The highest BCUT2D eigenvalue weighted by molar-refractivity contribution is 6.30. The molecule has 0 saturated carbocycles. The van der Waals surface area contributed by atoms with E-state index in [1.807, 2.05) is 12.1 Å². The molecule has 28 heavy (non-hydrogen) atoms. The van der Waals surface area contributed by atoms with Gasteiger partial charge in [0.1, 0.15) is 5.82 Å². The minimum Gasteiger partial charge on any atom is -0.369 e. The van der Waals surface area contributed by atoms with Crippen molar-refractivity contribution in [3.63, 3.8) is 0 Å². The van der Waals surface area contributed by atoms with E-state index >= 15 is 0 Å². The lowest BCUT2D eigenvalue weighted by Crippen LogP contribution is -2.51. The summed E-state index contributed by atoms with van der Waals surface area (Å²) in [5.74, 6) is -0.192. The van der Waals surface area contributed by atoms with E-state index in [0.717, 1.165) is 29.5 Å². The third-order valence-electron chi connectivity index (χ3n) is 5.74. The summed E-state index contributed by atoms with van der Waals surface area (Å²) in [5, 5.41) is 0.348. The van der Waals surface area contributed by atoms with Crippen LogP contribution in [-0.4, -0.2) is 23.8 Å². The summed E-state index contributed by atoms with van der Waals surface area (Å²) >= 11 is 6.05. The lowest BCUT2D eigenvalue weighted by molar-refractivity contribution is -0.129. The number of rotatable bonds is 1. The third-order valence-corrected chi connectivity index (χ3v) is 5.96. The number of carbonyl (C=O) groups is 1. The zero-order valence-electron chi connectivity index (χ0n) is 16.2. The number of nitrogens with two attached hydrogens (primary N) is 1. The van der Waals surface area contributed by atoms with Crippen molar-refractivity contribution in [2.45, 2.75) is 38.6 Å². The number of hydrogen-bond acceptors (Lipinski definition) is 3. The SMILES string of the molecule is CN1C(=O)CC2(CC(C)(C)Cc3ccc(-c4cc(F)cc(Cl)c4)cc32)N=C1N. The number of halogens is 2. The number of amides is 1. The van der Waals surface area contributed by atoms with Crippen molar-refractivity contribution >= 4 is 23.5 Å². The molecule has 0 saturated heterocycles. The van der Waals surface area contributed by atoms with Gasteiger partial charge in [0.25, 0.3) is 0 Å². The summed E-state index contributed by atoms with van der Waals surface area (Å²) < 4.78 is 13.9. The van der Waals surface area contributed by atoms with Crippen LogP contribution in [0.3, 0.4) is 0 Å². The second-order valence-electron chi connectivity index (χ2n) is 8.68. The predicted octanol–water partition coefficient (Wildman–Crippen LogP) is 4.49. The van der Waals surface area contributed by atoms with Crippen LogP contribution in [-0.2, 0) is 16.8 Å². The van der Waals surface area contributed by atoms with E-state index in [1.165, 1.54) is 17.0 Å². The van der Waals surface area contributed by atoms with Crippen LogP contribution in [0.15, 0.2) is 41.4 Å². The smallest absolute Gasteiger partial charge is 0.231 e. The van der Waals surface area contributed by atoms with Crippen molar-refractivity contribution in [3.8, 4) is 11.1 Å². The van der Waals surface area contributed by atoms with Gasteiger partial charge in [0.2, 0.25) is 5.91 Å². The number of hydrogen-bond donors (Lipinski definition) is 1. The van der Waals surface area contributed by atoms with E-state index in [9.17, 15) is 9.18 Å². The Kier molecular flexibility index (Phi) is 4.27. The van der Waals surface area contributed by atoms with Crippen LogP contribution in [0.25, 0.3) is 11.1 Å². The topological polar surface area (TPSA) is 58.7 Å². The van der Waals surface area contributed by atoms with E-state index in [0.29, 0.717) is 10.6 Å². The van der Waals surface area contributed by atoms with Crippen LogP contribution in [0.1, 0.15) is 37.8 Å². The molecule has 146 valence electrons. The number of carbonyl (C=O) groups excluding carboxylic acids is 1. The lowest BCUT2D eigenvalue weighted by atomic mass is 9.63. The Morgan fingerprint density at radius 1 is 1.14 bits per heavy atom. The first-order valence-electron chi connectivity index (χ1n) is 9.30. The Balaban J connectivity index is 1.92. The molecule has 0 fully saturated rings. The summed E-state index contributed by atoms with van der Waals surface area (Å²) in [7, 11) is 1.65. The third kappa shape index (κ3) is 3.18. The van der Waals surface area contributed by atoms with Gasteiger partial charge >= 0.3 is 0 Å². The quantitative estimate of drug-likeness (QED) is 0.768. The van der Waals surface area contributed by atoms with Gasteiger partial charge in [-0.3, -0.25) is 9.69 Å². The average molecular weight is 400 g/mol. The summed E-state index contributed by atoms with van der Waals surface area (Å²) in [4.78, 5) is 18.9. The molecule has 2 aromatic rings. The molecule has 1 aliphatic heterocycles. The summed E-state index contributed by atoms with van der Waals surface area (Å²) in [6.45, 7) is 4.37. The van der Waals surface area contributed by atoms with E-state index in [4.69, 9.17) is 22.3 Å². The van der Waals surface area contributed by atoms with E-state index < -0.39 is 5.54 Å². The standard InChI is InChI=1S/C22H23ClFN3O/c1-21(2)10-14-5-4-13(15-6-16(23)9-17(24)7-15)8-18(14)22(12-21)11-19(28)27(3)20(25)26-22/h4-9H,10-12H2,1-3H3,(H2,25,26). The van der Waals surface area contributed by atoms with Crippen molar-refractivity contribution in [1.82, 2.24) is 4.90 Å². The maximum absolute atomic E-state index is 13.9. The molecule has 1 heterocycles. The van der Waals surface area contributed by atoms with Crippen LogP contribution in [0.2, 0.25) is 5.02 Å². The van der Waals surface area contributed by atoms with Gasteiger partial charge in [-0.15, -0.1) is 0 Å². The molecule has 0 radical (unpaired) electrons. The first kappa shape index (κ1) is 18.9. The minimum atomic E-state index is -0.697. The highest BCUT2D eigenvalue weighted by atomic mass is 35.5. The Morgan fingerprint density at radius 3 is 2.57 bits per heavy atom. The van der Waals surface area contributed by atoms with Crippen LogP contribution < -0.4 is 5.73 Å². The fourth-order valence-corrected chi connectivity index (χ4v) is 4.84. The van der Waals surface area contributed by atoms with Crippen LogP contribution in [0, 0.1) is 11.2 Å². The van der Waals surface area contributed by atoms with Crippen molar-refractivity contribution in [2.24, 2.45) is 16.1 Å². The summed E-state index contributed by atoms with van der Waals surface area (Å²) in [6.07, 6.45) is 1.88. The Bertz CT molecular complexity index is 997. The number of aliphatic imine (C=N–C) groups is 1. The maximum atomic E-state index is 13.9. The normalized spacial score (nSPS) is 23.5. The molecule has 2 aromatic carbocycles. The van der Waals surface area contributed by atoms with Gasteiger partial charge in [0.05, 0.1) is 12.0 Å². The van der Waals surface area contributed by atoms with Gasteiger partial charge in [-0.25, -0.2) is 9.38 Å². The molecule has 6 heteroatoms. The molecular weight excluding hydrogens is 377 g/mol. The number of nitrogens with zero attached hydrogens (tertiary/aromatic N) is 2. The van der Waals surface area contributed by atoms with Gasteiger partial charge in [0.15, 0.2) is 5.96 Å². The molecule has 4 rings (SSSR count). The fraction of sp³-hybridized carbons (Fsp3) is 0.364. The second-order valence-corrected chi connectivity index (χ2v) is 9.12. The van der Waals surface area contributed by atoms with Crippen LogP contribution >= 0.6 is 11.6 Å². The molecule has 1 aliphatic carbocycles. The van der Waals surface area contributed by atoms with Crippen molar-refractivity contribution in [1.29, 1.82) is 0 Å². The summed E-state index contributed by atoms with van der Waals surface area (Å²) in [5.41, 5.74) is 9.07. The fourth-order valence-electron chi connectivity index (χ4n) is 4.62. The average Bonchev–Trinajstić information content (AvgIpc) is 2.57. The first-order chi connectivity index (χ1) is 13.1. The summed E-state index contributed by atoms with van der Waals surface area (Å²) in [6, 6.07) is 10.5. The van der Waals surface area contributed by atoms with Gasteiger partial charge in [-0.05, 0) is 64.8 Å². The van der Waals surface area contributed by atoms with Gasteiger partial charge in [-0.1, -0.05) is 37.6 Å². The second kappa shape index (κ2) is 6.31. The van der Waals surface area contributed by atoms with Crippen molar-refractivity contribution in [3.05, 3.63) is 58.4 Å². The molecule has 1 unspecified atom stereocenters. The first-order valence-corrected chi connectivity index (χ1v) is 9.68. The van der Waals surface area contributed by atoms with Crippen molar-refractivity contribution in [2.75, 3.05) is 7.05 Å². The molecule has 4 nitrogen and oxygen atoms in total. The predicted molar refractivity (Wildman–Crippen MR) is 110 cm³/mol. The zero-order valence-corrected chi connectivity index (χ0v) is 17.0. The van der Waals surface area contributed by atoms with E-state index in [1.54, 1.807) is 13.1 Å². The zero-order chi connectivity index (χ0) is 20.3. The van der Waals surface area contributed by atoms with Crippen LogP contribution in [0.5, 0.6) is 0 Å². The van der Waals surface area contributed by atoms with E-state index in [-0.39, 0.29) is 29.5 Å². The van der Waals surface area contributed by atoms with Gasteiger partial charge in [-0.2, -0.15) is 0 Å². The molecule has 0 bridgehead atoms. The number of fused-ring (bicyclic) bond motifs is 2. The molecule has 2 aliphatic rings. The highest BCUT2D eigenvalue weighted by Crippen LogP contribution is 2.50. The Hall–Kier alpha value is -2.40. The monoisotopic (exact) mass is 399 g/mol. The largest absolute Gasteiger partial charge is 0.369 e. The molecule has 1 spiro atoms. The van der Waals surface area contributed by atoms with Gasteiger partial charge in [0, 0.05) is 12.1 Å². The van der Waals surface area contributed by atoms with Gasteiger partial charge < -0.3 is 5.73 Å². The molecule has 1 atom stereocenters.